The van der Waals surface area contributed by atoms with Crippen molar-refractivity contribution in [3.8, 4) is 0 Å². The smallest absolute Gasteiger partial charge is 0.282 e. The number of hydrogen-bond acceptors (Lipinski definition) is 8. The van der Waals surface area contributed by atoms with Crippen molar-refractivity contribution in [3.63, 3.8) is 0 Å². The molecule has 11 heteroatoms. The van der Waals surface area contributed by atoms with E-state index < -0.39 is 10.2 Å². The van der Waals surface area contributed by atoms with Gasteiger partial charge in [0.1, 0.15) is 5.82 Å². The molecule has 0 atom stereocenters. The van der Waals surface area contributed by atoms with Gasteiger partial charge in [-0.3, -0.25) is 4.90 Å². The summed E-state index contributed by atoms with van der Waals surface area (Å²) < 4.78 is 29.1. The van der Waals surface area contributed by atoms with Gasteiger partial charge >= 0.3 is 0 Å². The fraction of sp³-hybridized carbons (Fsp3) is 0.812. The molecule has 0 bridgehead atoms. The van der Waals surface area contributed by atoms with Crippen LogP contribution in [0.4, 0.5) is 11.9 Å². The molecule has 0 unspecified atom stereocenters. The minimum absolute atomic E-state index is 0.200. The van der Waals surface area contributed by atoms with Crippen LogP contribution in [0.25, 0.3) is 0 Å². The van der Waals surface area contributed by atoms with Crippen molar-refractivity contribution in [2.24, 2.45) is 0 Å². The van der Waals surface area contributed by atoms with Gasteiger partial charge in [-0.2, -0.15) is 32.0 Å². The molecule has 2 aliphatic rings. The Morgan fingerprint density at radius 1 is 0.889 bits per heavy atom. The third-order valence-corrected chi connectivity index (χ3v) is 7.04. The minimum atomic E-state index is -3.36. The van der Waals surface area contributed by atoms with Crippen LogP contribution in [-0.4, -0.2) is 90.2 Å². The SMILES string of the molecule is CN(C)c1nc(N)nc(CN2CCN(S(=O)(=O)N3CCCCCC3)CC2)n1. The molecule has 0 saturated carbocycles. The molecule has 0 aromatic carbocycles. The van der Waals surface area contributed by atoms with Gasteiger partial charge in [0.05, 0.1) is 6.54 Å². The zero-order valence-electron chi connectivity index (χ0n) is 16.2. The van der Waals surface area contributed by atoms with Crippen molar-refractivity contribution < 1.29 is 8.42 Å². The maximum atomic E-state index is 12.9. The van der Waals surface area contributed by atoms with Crippen molar-refractivity contribution in [3.05, 3.63) is 5.82 Å². The average Bonchev–Trinajstić information content (AvgIpc) is 2.91. The van der Waals surface area contributed by atoms with E-state index in [-0.39, 0.29) is 5.95 Å². The van der Waals surface area contributed by atoms with Crippen molar-refractivity contribution in [2.45, 2.75) is 32.2 Å². The lowest BCUT2D eigenvalue weighted by Crippen LogP contribution is -2.53. The molecule has 2 fully saturated rings. The first-order valence-electron chi connectivity index (χ1n) is 9.51. The quantitative estimate of drug-likeness (QED) is 0.723. The van der Waals surface area contributed by atoms with Crippen LogP contribution in [-0.2, 0) is 16.8 Å². The van der Waals surface area contributed by atoms with Gasteiger partial charge in [-0.05, 0) is 12.8 Å². The van der Waals surface area contributed by atoms with Crippen LogP contribution in [0, 0.1) is 0 Å². The maximum absolute atomic E-state index is 12.9. The maximum Gasteiger partial charge on any atom is 0.282 e. The van der Waals surface area contributed by atoms with Crippen LogP contribution >= 0.6 is 0 Å². The van der Waals surface area contributed by atoms with Crippen molar-refractivity contribution >= 4 is 22.1 Å². The van der Waals surface area contributed by atoms with Gasteiger partial charge in [0.15, 0.2) is 0 Å². The second-order valence-electron chi connectivity index (χ2n) is 7.30. The number of hydrogen-bond donors (Lipinski definition) is 1. The van der Waals surface area contributed by atoms with E-state index in [1.54, 1.807) is 13.5 Å². The number of nitrogens with two attached hydrogens (primary N) is 1. The van der Waals surface area contributed by atoms with Crippen LogP contribution < -0.4 is 10.6 Å². The summed E-state index contributed by atoms with van der Waals surface area (Å²) >= 11 is 0. The molecule has 3 heterocycles. The van der Waals surface area contributed by atoms with Gasteiger partial charge in [-0.25, -0.2) is 0 Å². The Morgan fingerprint density at radius 3 is 2.07 bits per heavy atom. The summed E-state index contributed by atoms with van der Waals surface area (Å²) in [6, 6.07) is 0. The van der Waals surface area contributed by atoms with E-state index in [0.717, 1.165) is 25.7 Å². The summed E-state index contributed by atoms with van der Waals surface area (Å²) in [5.41, 5.74) is 5.78. The third-order valence-electron chi connectivity index (χ3n) is 5.00. The van der Waals surface area contributed by atoms with Crippen molar-refractivity contribution in [2.75, 3.05) is 64.0 Å². The Balaban J connectivity index is 1.59. The molecule has 2 saturated heterocycles. The van der Waals surface area contributed by atoms with E-state index in [9.17, 15) is 8.42 Å². The normalized spacial score (nSPS) is 21.1. The van der Waals surface area contributed by atoms with E-state index in [2.05, 4.69) is 19.9 Å². The highest BCUT2D eigenvalue weighted by molar-refractivity contribution is 7.86. The molecule has 152 valence electrons. The highest BCUT2D eigenvalue weighted by Crippen LogP contribution is 2.18. The molecule has 10 nitrogen and oxygen atoms in total. The molecule has 3 rings (SSSR count). The van der Waals surface area contributed by atoms with Gasteiger partial charge in [-0.1, -0.05) is 12.8 Å². The zero-order valence-corrected chi connectivity index (χ0v) is 17.0. The third kappa shape index (κ3) is 5.03. The van der Waals surface area contributed by atoms with Crippen LogP contribution in [0.5, 0.6) is 0 Å². The Morgan fingerprint density at radius 2 is 1.48 bits per heavy atom. The molecular formula is C16H30N8O2S. The fourth-order valence-corrected chi connectivity index (χ4v) is 5.12. The Kier molecular flexibility index (Phi) is 6.45. The number of rotatable bonds is 5. The highest BCUT2D eigenvalue weighted by Gasteiger charge is 2.32. The van der Waals surface area contributed by atoms with Gasteiger partial charge in [0, 0.05) is 53.4 Å². The van der Waals surface area contributed by atoms with Gasteiger partial charge in [0.25, 0.3) is 10.2 Å². The lowest BCUT2D eigenvalue weighted by Gasteiger charge is -2.36. The summed E-state index contributed by atoms with van der Waals surface area (Å²) in [7, 11) is 0.347. The second-order valence-corrected chi connectivity index (χ2v) is 9.23. The molecule has 27 heavy (non-hydrogen) atoms. The standard InChI is InChI=1S/C16H30N8O2S/c1-21(2)16-19-14(18-15(17)20-16)13-22-9-11-24(12-10-22)27(25,26)23-7-5-3-4-6-8-23/h3-13H2,1-2H3,(H2,17,18,19,20). The lowest BCUT2D eigenvalue weighted by molar-refractivity contribution is 0.171. The number of anilines is 2. The van der Waals surface area contributed by atoms with Crippen molar-refractivity contribution in [1.29, 1.82) is 0 Å². The molecule has 1 aromatic rings. The molecule has 2 aliphatic heterocycles. The summed E-state index contributed by atoms with van der Waals surface area (Å²) in [6.45, 7) is 4.08. The number of piperazine rings is 1. The van der Waals surface area contributed by atoms with E-state index in [1.165, 1.54) is 0 Å². The average molecular weight is 399 g/mol. The molecule has 0 amide bonds. The first-order chi connectivity index (χ1) is 12.9. The predicted molar refractivity (Wildman–Crippen MR) is 104 cm³/mol. The monoisotopic (exact) mass is 398 g/mol. The second kappa shape index (κ2) is 8.63. The summed E-state index contributed by atoms with van der Waals surface area (Å²) in [4.78, 5) is 16.7. The molecule has 0 aliphatic carbocycles. The first kappa shape index (κ1) is 20.2. The van der Waals surface area contributed by atoms with Crippen molar-refractivity contribution in [1.82, 2.24) is 28.5 Å². The predicted octanol–water partition coefficient (Wildman–Crippen LogP) is -0.242. The summed E-state index contributed by atoms with van der Waals surface area (Å²) in [6.07, 6.45) is 4.13. The number of nitrogens with zero attached hydrogens (tertiary/aromatic N) is 7. The van der Waals surface area contributed by atoms with Gasteiger partial charge in [0.2, 0.25) is 11.9 Å². The van der Waals surface area contributed by atoms with E-state index in [1.807, 2.05) is 14.1 Å². The molecule has 0 radical (unpaired) electrons. The zero-order chi connectivity index (χ0) is 19.4. The number of aromatic nitrogens is 3. The Bertz CT molecular complexity index is 726. The summed E-state index contributed by atoms with van der Waals surface area (Å²) in [5, 5.41) is 0. The van der Waals surface area contributed by atoms with Crippen LogP contribution in [0.15, 0.2) is 0 Å². The topological polar surface area (TPSA) is 112 Å². The highest BCUT2D eigenvalue weighted by atomic mass is 32.2. The van der Waals surface area contributed by atoms with Crippen LogP contribution in [0.3, 0.4) is 0 Å². The van der Waals surface area contributed by atoms with E-state index >= 15 is 0 Å². The minimum Gasteiger partial charge on any atom is -0.368 e. The molecule has 0 spiro atoms. The fourth-order valence-electron chi connectivity index (χ4n) is 3.45. The lowest BCUT2D eigenvalue weighted by atomic mass is 10.2. The Labute approximate surface area is 161 Å². The first-order valence-corrected chi connectivity index (χ1v) is 10.9. The van der Waals surface area contributed by atoms with E-state index in [4.69, 9.17) is 5.73 Å². The van der Waals surface area contributed by atoms with Crippen LogP contribution in [0.2, 0.25) is 0 Å². The largest absolute Gasteiger partial charge is 0.368 e. The van der Waals surface area contributed by atoms with Gasteiger partial charge in [-0.15, -0.1) is 0 Å². The summed E-state index contributed by atoms with van der Waals surface area (Å²) in [5.74, 6) is 1.33. The molecule has 1 aromatic heterocycles. The van der Waals surface area contributed by atoms with E-state index in [0.29, 0.717) is 57.6 Å². The van der Waals surface area contributed by atoms with Gasteiger partial charge < -0.3 is 10.6 Å². The van der Waals surface area contributed by atoms with Crippen LogP contribution in [0.1, 0.15) is 31.5 Å². The molecule has 2 N–H and O–H groups in total. The Hall–Kier alpha value is -1.56. The number of nitrogen functional groups attached to an aromatic ring is 1. The molecular weight excluding hydrogens is 368 g/mol.